The number of halogens is 1. The van der Waals surface area contributed by atoms with Crippen molar-refractivity contribution in [3.8, 4) is 0 Å². The molecule has 0 spiro atoms. The maximum absolute atomic E-state index is 12.9. The molecule has 3 N–H and O–H groups in total. The van der Waals surface area contributed by atoms with Crippen molar-refractivity contribution in [2.45, 2.75) is 13.3 Å². The summed E-state index contributed by atoms with van der Waals surface area (Å²) in [6.07, 6.45) is 0.468. The average molecular weight is 303 g/mol. The summed E-state index contributed by atoms with van der Waals surface area (Å²) in [7, 11) is -3.19. The predicted octanol–water partition coefficient (Wildman–Crippen LogP) is 1.28. The third-order valence-corrected chi connectivity index (χ3v) is 3.83. The molecule has 0 unspecified atom stereocenters. The molecule has 1 rings (SSSR count). The molecule has 0 bridgehead atoms. The molecule has 8 heteroatoms. The lowest BCUT2D eigenvalue weighted by Gasteiger charge is -2.08. The zero-order valence-electron chi connectivity index (χ0n) is 11.1. The highest BCUT2D eigenvalue weighted by molar-refractivity contribution is 7.89. The standard InChI is InChI=1S/C12H18FN3O3S/c1-2-20(18,19)15-8-4-7-14-12(17)16-11-6-3-5-10(13)9-11/h3,5-6,9,15H,2,4,7-8H2,1H3,(H2,14,16,17). The molecule has 0 atom stereocenters. The summed E-state index contributed by atoms with van der Waals surface area (Å²) in [5, 5.41) is 5.02. The maximum Gasteiger partial charge on any atom is 0.319 e. The Labute approximate surface area is 117 Å². The van der Waals surface area contributed by atoms with Crippen LogP contribution >= 0.6 is 0 Å². The van der Waals surface area contributed by atoms with Crippen LogP contribution in [0.25, 0.3) is 0 Å². The highest BCUT2D eigenvalue weighted by Gasteiger charge is 2.05. The number of benzene rings is 1. The summed E-state index contributed by atoms with van der Waals surface area (Å²) in [6.45, 7) is 2.12. The van der Waals surface area contributed by atoms with Gasteiger partial charge in [-0.15, -0.1) is 0 Å². The van der Waals surface area contributed by atoms with Gasteiger partial charge >= 0.3 is 6.03 Å². The fraction of sp³-hybridized carbons (Fsp3) is 0.417. The molecule has 0 radical (unpaired) electrons. The predicted molar refractivity (Wildman–Crippen MR) is 75.5 cm³/mol. The molecule has 1 aromatic carbocycles. The van der Waals surface area contributed by atoms with Crippen LogP contribution in [-0.4, -0.2) is 33.3 Å². The minimum Gasteiger partial charge on any atom is -0.338 e. The van der Waals surface area contributed by atoms with Gasteiger partial charge in [0.15, 0.2) is 0 Å². The van der Waals surface area contributed by atoms with Crippen LogP contribution in [0.1, 0.15) is 13.3 Å². The first-order valence-corrected chi connectivity index (χ1v) is 7.86. The Hall–Kier alpha value is -1.67. The summed E-state index contributed by atoms with van der Waals surface area (Å²) in [6, 6.07) is 5.08. The van der Waals surface area contributed by atoms with Gasteiger partial charge in [0.05, 0.1) is 5.75 Å². The Balaban J connectivity index is 2.21. The molecular formula is C12H18FN3O3S. The molecule has 0 fully saturated rings. The molecule has 0 aliphatic rings. The molecule has 0 heterocycles. The van der Waals surface area contributed by atoms with E-state index in [2.05, 4.69) is 15.4 Å². The Morgan fingerprint density at radius 3 is 2.70 bits per heavy atom. The molecule has 0 aliphatic heterocycles. The minimum absolute atomic E-state index is 0.0283. The van der Waals surface area contributed by atoms with Crippen molar-refractivity contribution >= 4 is 21.7 Å². The number of amides is 2. The zero-order chi connectivity index (χ0) is 15.0. The Morgan fingerprint density at radius 2 is 2.05 bits per heavy atom. The summed E-state index contributed by atoms with van der Waals surface area (Å²) >= 11 is 0. The van der Waals surface area contributed by atoms with Crippen molar-refractivity contribution in [2.24, 2.45) is 0 Å². The number of urea groups is 1. The second-order valence-electron chi connectivity index (χ2n) is 4.04. The summed E-state index contributed by atoms with van der Waals surface area (Å²) in [5.74, 6) is -0.405. The summed E-state index contributed by atoms with van der Waals surface area (Å²) in [5.41, 5.74) is 0.356. The summed E-state index contributed by atoms with van der Waals surface area (Å²) < 4.78 is 37.5. The van der Waals surface area contributed by atoms with E-state index in [1.807, 2.05) is 0 Å². The maximum atomic E-state index is 12.9. The molecule has 112 valence electrons. The second-order valence-corrected chi connectivity index (χ2v) is 6.14. The first-order valence-electron chi connectivity index (χ1n) is 6.20. The van der Waals surface area contributed by atoms with E-state index in [1.165, 1.54) is 18.2 Å². The number of sulfonamides is 1. The van der Waals surface area contributed by atoms with Gasteiger partial charge in [-0.05, 0) is 31.5 Å². The van der Waals surface area contributed by atoms with E-state index in [0.717, 1.165) is 0 Å². The van der Waals surface area contributed by atoms with E-state index in [9.17, 15) is 17.6 Å². The second kappa shape index (κ2) is 7.81. The van der Waals surface area contributed by atoms with Crippen LogP contribution in [0.5, 0.6) is 0 Å². The number of hydrogen-bond acceptors (Lipinski definition) is 3. The normalized spacial score (nSPS) is 11.1. The third-order valence-electron chi connectivity index (χ3n) is 2.42. The minimum atomic E-state index is -3.19. The molecule has 6 nitrogen and oxygen atoms in total. The van der Waals surface area contributed by atoms with E-state index in [0.29, 0.717) is 18.7 Å². The van der Waals surface area contributed by atoms with Crippen LogP contribution < -0.4 is 15.4 Å². The number of anilines is 1. The van der Waals surface area contributed by atoms with Crippen molar-refractivity contribution in [3.05, 3.63) is 30.1 Å². The first-order chi connectivity index (χ1) is 9.43. The Morgan fingerprint density at radius 1 is 1.30 bits per heavy atom. The highest BCUT2D eigenvalue weighted by atomic mass is 32.2. The molecular weight excluding hydrogens is 285 g/mol. The van der Waals surface area contributed by atoms with E-state index in [-0.39, 0.29) is 12.3 Å². The van der Waals surface area contributed by atoms with E-state index < -0.39 is 21.9 Å². The summed E-state index contributed by atoms with van der Waals surface area (Å²) in [4.78, 5) is 11.5. The van der Waals surface area contributed by atoms with Crippen LogP contribution in [-0.2, 0) is 10.0 Å². The van der Waals surface area contributed by atoms with E-state index in [4.69, 9.17) is 0 Å². The molecule has 0 aromatic heterocycles. The molecule has 0 saturated carbocycles. The number of rotatable bonds is 7. The van der Waals surface area contributed by atoms with Crippen molar-refractivity contribution in [2.75, 3.05) is 24.2 Å². The smallest absolute Gasteiger partial charge is 0.319 e. The van der Waals surface area contributed by atoms with Gasteiger partial charge in [-0.3, -0.25) is 0 Å². The largest absolute Gasteiger partial charge is 0.338 e. The third kappa shape index (κ3) is 6.48. The average Bonchev–Trinajstić information content (AvgIpc) is 2.38. The molecule has 20 heavy (non-hydrogen) atoms. The SMILES string of the molecule is CCS(=O)(=O)NCCCNC(=O)Nc1cccc(F)c1. The van der Waals surface area contributed by atoms with Crippen molar-refractivity contribution in [1.29, 1.82) is 0 Å². The number of nitrogens with one attached hydrogen (secondary N) is 3. The van der Waals surface area contributed by atoms with Crippen LogP contribution in [0.3, 0.4) is 0 Å². The molecule has 2 amide bonds. The number of carbonyl (C=O) groups excluding carboxylic acids is 1. The fourth-order valence-electron chi connectivity index (χ4n) is 1.36. The van der Waals surface area contributed by atoms with Gasteiger partial charge in [0.2, 0.25) is 10.0 Å². The van der Waals surface area contributed by atoms with Gasteiger partial charge in [-0.1, -0.05) is 6.07 Å². The van der Waals surface area contributed by atoms with Crippen LogP contribution in [0.15, 0.2) is 24.3 Å². The van der Waals surface area contributed by atoms with Gasteiger partial charge in [0, 0.05) is 18.8 Å². The highest BCUT2D eigenvalue weighted by Crippen LogP contribution is 2.08. The van der Waals surface area contributed by atoms with Crippen LogP contribution in [0.2, 0.25) is 0 Å². The molecule has 1 aromatic rings. The monoisotopic (exact) mass is 303 g/mol. The lowest BCUT2D eigenvalue weighted by atomic mass is 10.3. The van der Waals surface area contributed by atoms with Gasteiger partial charge < -0.3 is 10.6 Å². The Kier molecular flexibility index (Phi) is 6.40. The van der Waals surface area contributed by atoms with Gasteiger partial charge in [-0.2, -0.15) is 0 Å². The van der Waals surface area contributed by atoms with Gasteiger partial charge in [0.25, 0.3) is 0 Å². The van der Waals surface area contributed by atoms with Crippen molar-refractivity contribution in [1.82, 2.24) is 10.0 Å². The van der Waals surface area contributed by atoms with Crippen molar-refractivity contribution < 1.29 is 17.6 Å². The quantitative estimate of drug-likeness (QED) is 0.663. The lowest BCUT2D eigenvalue weighted by molar-refractivity contribution is 0.252. The molecule has 0 saturated heterocycles. The van der Waals surface area contributed by atoms with E-state index >= 15 is 0 Å². The lowest BCUT2D eigenvalue weighted by Crippen LogP contribution is -2.32. The van der Waals surface area contributed by atoms with E-state index in [1.54, 1.807) is 13.0 Å². The molecule has 0 aliphatic carbocycles. The van der Waals surface area contributed by atoms with Crippen LogP contribution in [0, 0.1) is 5.82 Å². The topological polar surface area (TPSA) is 87.3 Å². The van der Waals surface area contributed by atoms with Gasteiger partial charge in [-0.25, -0.2) is 22.3 Å². The Bertz CT molecular complexity index is 549. The van der Waals surface area contributed by atoms with Crippen LogP contribution in [0.4, 0.5) is 14.9 Å². The van der Waals surface area contributed by atoms with Gasteiger partial charge in [0.1, 0.15) is 5.82 Å². The zero-order valence-corrected chi connectivity index (χ0v) is 12.0. The number of hydrogen-bond donors (Lipinski definition) is 3. The number of carbonyl (C=O) groups is 1. The van der Waals surface area contributed by atoms with Crippen molar-refractivity contribution in [3.63, 3.8) is 0 Å². The fourth-order valence-corrected chi connectivity index (χ4v) is 2.02. The first kappa shape index (κ1) is 16.4.